The first-order chi connectivity index (χ1) is 13.7. The topological polar surface area (TPSA) is 73.8 Å². The smallest absolute Gasteiger partial charge is 0.262 e. The van der Waals surface area contributed by atoms with Gasteiger partial charge >= 0.3 is 0 Å². The summed E-state index contributed by atoms with van der Waals surface area (Å²) in [5.74, 6) is 1.35. The Labute approximate surface area is 168 Å². The lowest BCUT2D eigenvalue weighted by Gasteiger charge is -2.19. The fourth-order valence-electron chi connectivity index (χ4n) is 3.77. The van der Waals surface area contributed by atoms with Gasteiger partial charge in [-0.3, -0.25) is 9.36 Å². The van der Waals surface area contributed by atoms with E-state index in [1.54, 1.807) is 0 Å². The maximum atomic E-state index is 13.2. The maximum absolute atomic E-state index is 13.2. The highest BCUT2D eigenvalue weighted by molar-refractivity contribution is 7.99. The molecule has 0 radical (unpaired) electrons. The molecule has 6 nitrogen and oxygen atoms in total. The number of aromatic nitrogens is 4. The summed E-state index contributed by atoms with van der Waals surface area (Å²) in [6.07, 6.45) is 7.37. The number of nitrogens with zero attached hydrogens (tertiary/aromatic N) is 4. The van der Waals surface area contributed by atoms with Crippen molar-refractivity contribution in [2.75, 3.05) is 0 Å². The number of para-hydroxylation sites is 1. The van der Waals surface area contributed by atoms with E-state index < -0.39 is 0 Å². The predicted octanol–water partition coefficient (Wildman–Crippen LogP) is 5.09. The number of thioether (sulfide) groups is 1. The lowest BCUT2D eigenvalue weighted by molar-refractivity contribution is 0.373. The first kappa shape index (κ1) is 19.2. The van der Waals surface area contributed by atoms with Gasteiger partial charge in [0, 0.05) is 12.5 Å². The van der Waals surface area contributed by atoms with Crippen LogP contribution in [0.4, 0.5) is 0 Å². The van der Waals surface area contributed by atoms with E-state index in [1.807, 2.05) is 35.8 Å². The maximum Gasteiger partial charge on any atom is 0.262 e. The van der Waals surface area contributed by atoms with Gasteiger partial charge in [0.15, 0.2) is 11.0 Å². The predicted molar refractivity (Wildman–Crippen MR) is 111 cm³/mol. The third-order valence-corrected chi connectivity index (χ3v) is 6.39. The second kappa shape index (κ2) is 8.47. The quantitative estimate of drug-likeness (QED) is 0.408. The lowest BCUT2D eigenvalue weighted by atomic mass is 10.2. The summed E-state index contributed by atoms with van der Waals surface area (Å²) in [4.78, 5) is 22.6. The van der Waals surface area contributed by atoms with E-state index in [0.717, 1.165) is 61.4 Å². The van der Waals surface area contributed by atoms with Crippen LogP contribution in [-0.4, -0.2) is 19.7 Å². The second-order valence-electron chi connectivity index (χ2n) is 7.44. The fraction of sp³-hybridized carbons (Fsp3) is 0.524. The molecule has 0 amide bonds. The number of hydrogen-bond donors (Lipinski definition) is 0. The van der Waals surface area contributed by atoms with Crippen molar-refractivity contribution >= 4 is 22.7 Å². The van der Waals surface area contributed by atoms with Crippen LogP contribution in [0.3, 0.4) is 0 Å². The SMILES string of the molecule is CCCCc1noc([C@@H](C)Sc2nc3ccccc3c(=O)n2C2CCCC2)n1. The number of benzene rings is 1. The van der Waals surface area contributed by atoms with Crippen LogP contribution in [0.5, 0.6) is 0 Å². The first-order valence-corrected chi connectivity index (χ1v) is 11.1. The lowest BCUT2D eigenvalue weighted by Crippen LogP contribution is -2.26. The van der Waals surface area contributed by atoms with Crippen molar-refractivity contribution in [1.29, 1.82) is 0 Å². The van der Waals surface area contributed by atoms with Crippen LogP contribution < -0.4 is 5.56 Å². The Balaban J connectivity index is 1.67. The molecule has 3 aromatic rings. The standard InChI is InChI=1S/C21H26N4O2S/c1-3-4-13-18-23-19(27-24-18)14(2)28-21-22-17-12-8-7-11-16(17)20(26)25(21)15-9-5-6-10-15/h7-8,11-12,14-15H,3-6,9-10,13H2,1-2H3/t14-/m1/s1. The highest BCUT2D eigenvalue weighted by Crippen LogP contribution is 2.37. The van der Waals surface area contributed by atoms with Gasteiger partial charge in [-0.2, -0.15) is 4.98 Å². The molecule has 0 aliphatic heterocycles. The summed E-state index contributed by atoms with van der Waals surface area (Å²) in [5, 5.41) is 5.46. The van der Waals surface area contributed by atoms with E-state index in [9.17, 15) is 4.79 Å². The molecule has 4 rings (SSSR count). The average Bonchev–Trinajstić information content (AvgIpc) is 3.39. The van der Waals surface area contributed by atoms with E-state index in [2.05, 4.69) is 17.1 Å². The Hall–Kier alpha value is -2.15. The Morgan fingerprint density at radius 2 is 2.04 bits per heavy atom. The normalized spacial score (nSPS) is 16.1. The minimum atomic E-state index is -0.0661. The minimum absolute atomic E-state index is 0.0568. The number of rotatable bonds is 7. The Morgan fingerprint density at radius 3 is 2.82 bits per heavy atom. The third kappa shape index (κ3) is 3.85. The summed E-state index contributed by atoms with van der Waals surface area (Å²) in [5.41, 5.74) is 0.798. The molecule has 0 spiro atoms. The van der Waals surface area contributed by atoms with E-state index in [0.29, 0.717) is 11.3 Å². The van der Waals surface area contributed by atoms with Gasteiger partial charge in [-0.1, -0.05) is 55.2 Å². The van der Waals surface area contributed by atoms with Gasteiger partial charge in [0.1, 0.15) is 0 Å². The molecule has 0 bridgehead atoms. The van der Waals surface area contributed by atoms with Crippen molar-refractivity contribution in [3.8, 4) is 0 Å². The molecule has 0 saturated heterocycles. The molecule has 28 heavy (non-hydrogen) atoms. The molecule has 7 heteroatoms. The number of fused-ring (bicyclic) bond motifs is 1. The van der Waals surface area contributed by atoms with Crippen LogP contribution >= 0.6 is 11.8 Å². The van der Waals surface area contributed by atoms with Crippen molar-refractivity contribution < 1.29 is 4.52 Å². The van der Waals surface area contributed by atoms with Crippen LogP contribution in [0, 0.1) is 0 Å². The molecule has 2 aromatic heterocycles. The fourth-order valence-corrected chi connectivity index (χ4v) is 4.78. The molecule has 2 heterocycles. The summed E-state index contributed by atoms with van der Waals surface area (Å²) in [6, 6.07) is 7.81. The zero-order chi connectivity index (χ0) is 19.5. The van der Waals surface area contributed by atoms with Gasteiger partial charge in [-0.15, -0.1) is 0 Å². The zero-order valence-corrected chi connectivity index (χ0v) is 17.2. The second-order valence-corrected chi connectivity index (χ2v) is 8.75. The van der Waals surface area contributed by atoms with Gasteiger partial charge in [0.05, 0.1) is 16.2 Å². The van der Waals surface area contributed by atoms with Gasteiger partial charge in [0.25, 0.3) is 5.56 Å². The first-order valence-electron chi connectivity index (χ1n) is 10.2. The van der Waals surface area contributed by atoms with E-state index in [-0.39, 0.29) is 16.9 Å². The van der Waals surface area contributed by atoms with E-state index in [4.69, 9.17) is 9.51 Å². The molecule has 1 saturated carbocycles. The molecule has 1 aliphatic rings. The minimum Gasteiger partial charge on any atom is -0.338 e. The molecule has 0 N–H and O–H groups in total. The van der Waals surface area contributed by atoms with Gasteiger partial charge < -0.3 is 4.52 Å². The van der Waals surface area contributed by atoms with Crippen LogP contribution in [0.1, 0.15) is 75.4 Å². The molecule has 1 atom stereocenters. The van der Waals surface area contributed by atoms with Crippen molar-refractivity contribution in [3.05, 3.63) is 46.3 Å². The monoisotopic (exact) mass is 398 g/mol. The van der Waals surface area contributed by atoms with Crippen molar-refractivity contribution in [1.82, 2.24) is 19.7 Å². The highest BCUT2D eigenvalue weighted by Gasteiger charge is 2.25. The third-order valence-electron chi connectivity index (χ3n) is 5.33. The highest BCUT2D eigenvalue weighted by atomic mass is 32.2. The van der Waals surface area contributed by atoms with Crippen LogP contribution in [-0.2, 0) is 6.42 Å². The van der Waals surface area contributed by atoms with Crippen LogP contribution in [0.2, 0.25) is 0 Å². The zero-order valence-electron chi connectivity index (χ0n) is 16.4. The molecule has 0 unspecified atom stereocenters. The van der Waals surface area contributed by atoms with Crippen molar-refractivity contribution in [2.24, 2.45) is 0 Å². The molecule has 1 aliphatic carbocycles. The van der Waals surface area contributed by atoms with Crippen LogP contribution in [0.25, 0.3) is 10.9 Å². The van der Waals surface area contributed by atoms with Crippen molar-refractivity contribution in [3.63, 3.8) is 0 Å². The average molecular weight is 399 g/mol. The summed E-state index contributed by atoms with van der Waals surface area (Å²) >= 11 is 1.53. The van der Waals surface area contributed by atoms with Crippen LogP contribution in [0.15, 0.2) is 38.7 Å². The summed E-state index contributed by atoms with van der Waals surface area (Å²) in [7, 11) is 0. The number of unbranched alkanes of at least 4 members (excludes halogenated alkanes) is 1. The molecule has 148 valence electrons. The summed E-state index contributed by atoms with van der Waals surface area (Å²) < 4.78 is 7.39. The molecular formula is C21H26N4O2S. The van der Waals surface area contributed by atoms with Gasteiger partial charge in [-0.25, -0.2) is 4.98 Å². The van der Waals surface area contributed by atoms with E-state index >= 15 is 0 Å². The Morgan fingerprint density at radius 1 is 1.25 bits per heavy atom. The van der Waals surface area contributed by atoms with Gasteiger partial charge in [0.2, 0.25) is 5.89 Å². The molecular weight excluding hydrogens is 372 g/mol. The number of hydrogen-bond acceptors (Lipinski definition) is 6. The van der Waals surface area contributed by atoms with Crippen molar-refractivity contribution in [2.45, 2.75) is 75.2 Å². The number of aryl methyl sites for hydroxylation is 1. The van der Waals surface area contributed by atoms with Gasteiger partial charge in [-0.05, 0) is 38.3 Å². The Bertz CT molecular complexity index is 1010. The molecule has 1 aromatic carbocycles. The van der Waals surface area contributed by atoms with E-state index in [1.165, 1.54) is 11.8 Å². The largest absolute Gasteiger partial charge is 0.338 e. The Kier molecular flexibility index (Phi) is 5.80. The molecule has 1 fully saturated rings. The summed E-state index contributed by atoms with van der Waals surface area (Å²) in [6.45, 7) is 4.18.